The molecule has 0 aromatic heterocycles. The molecule has 6 rings (SSSR count). The third-order valence-corrected chi connectivity index (χ3v) is 5.52. The van der Waals surface area contributed by atoms with Gasteiger partial charge >= 0.3 is 0 Å². The van der Waals surface area contributed by atoms with Crippen LogP contribution in [-0.2, 0) is 25.8 Å². The van der Waals surface area contributed by atoms with E-state index >= 15 is 0 Å². The van der Waals surface area contributed by atoms with Crippen LogP contribution in [0.1, 0.15) is 11.1 Å². The van der Waals surface area contributed by atoms with E-state index in [2.05, 4.69) is 124 Å². The van der Waals surface area contributed by atoms with Crippen molar-refractivity contribution in [2.24, 2.45) is 0 Å². The Bertz CT molecular complexity index is 1350. The summed E-state index contributed by atoms with van der Waals surface area (Å²) in [6.45, 7) is 8.60. The van der Waals surface area contributed by atoms with Gasteiger partial charge in [0.25, 0.3) is 0 Å². The Morgan fingerprint density at radius 2 is 0.882 bits per heavy atom. The summed E-state index contributed by atoms with van der Waals surface area (Å²) in [5, 5.41) is 10.8. The Labute approximate surface area is 236 Å². The minimum Gasteiger partial charge on any atom is -0.165 e. The van der Waals surface area contributed by atoms with Crippen LogP contribution in [0.25, 0.3) is 43.1 Å². The van der Waals surface area contributed by atoms with Crippen LogP contribution in [0.2, 0.25) is 13.1 Å². The Kier molecular flexibility index (Phi) is 12.5. The SMILES string of the molecule is C[Si]C.Cc1cc2c(ccc3ccccc32)[cH-]1.Cc1cc2c(ccc3ccccc32)[cH-]1.Cl.Cl.[Hf]. The van der Waals surface area contributed by atoms with Gasteiger partial charge in [0, 0.05) is 35.4 Å². The van der Waals surface area contributed by atoms with Gasteiger partial charge < -0.3 is 0 Å². The van der Waals surface area contributed by atoms with Crippen molar-refractivity contribution in [2.75, 3.05) is 0 Å². The third kappa shape index (κ3) is 6.70. The van der Waals surface area contributed by atoms with E-state index in [-0.39, 0.29) is 50.7 Å². The summed E-state index contributed by atoms with van der Waals surface area (Å²) in [4.78, 5) is 0. The molecule has 0 atom stereocenters. The predicted molar refractivity (Wildman–Crippen MR) is 156 cm³/mol. The Hall–Kier alpha value is -1.71. The van der Waals surface area contributed by atoms with Crippen molar-refractivity contribution in [3.8, 4) is 0 Å². The second-order valence-electron chi connectivity index (χ2n) is 8.14. The first kappa shape index (κ1) is 30.3. The maximum atomic E-state index is 2.26. The number of hydrogen-bond donors (Lipinski definition) is 0. The van der Waals surface area contributed by atoms with Crippen LogP contribution < -0.4 is 0 Å². The van der Waals surface area contributed by atoms with Crippen molar-refractivity contribution in [3.05, 3.63) is 108 Å². The van der Waals surface area contributed by atoms with Gasteiger partial charge in [-0.05, 0) is 10.8 Å². The first-order valence-electron chi connectivity index (χ1n) is 10.8. The molecule has 0 aliphatic rings. The minimum absolute atomic E-state index is 0. The number of rotatable bonds is 0. The van der Waals surface area contributed by atoms with Crippen LogP contribution >= 0.6 is 24.8 Å². The average molecular weight is 668 g/mol. The Morgan fingerprint density at radius 3 is 1.26 bits per heavy atom. The normalized spacial score (nSPS) is 9.76. The fourth-order valence-corrected chi connectivity index (χ4v) is 4.23. The Balaban J connectivity index is 0.000000283. The topological polar surface area (TPSA) is 0 Å². The summed E-state index contributed by atoms with van der Waals surface area (Å²) in [7, 11) is 1.08. The van der Waals surface area contributed by atoms with Crippen LogP contribution in [-0.4, -0.2) is 9.52 Å². The second-order valence-corrected chi connectivity index (χ2v) is 9.14. The van der Waals surface area contributed by atoms with Crippen LogP contribution in [0, 0.1) is 13.8 Å². The van der Waals surface area contributed by atoms with Gasteiger partial charge in [-0.2, -0.15) is 12.1 Å². The molecule has 0 nitrogen and oxygen atoms in total. The van der Waals surface area contributed by atoms with Crippen molar-refractivity contribution in [1.29, 1.82) is 0 Å². The minimum atomic E-state index is 0. The molecule has 0 heterocycles. The number of fused-ring (bicyclic) bond motifs is 6. The van der Waals surface area contributed by atoms with Crippen molar-refractivity contribution in [2.45, 2.75) is 26.9 Å². The van der Waals surface area contributed by atoms with E-state index in [1.54, 1.807) is 0 Å². The van der Waals surface area contributed by atoms with Crippen molar-refractivity contribution in [3.63, 3.8) is 0 Å². The van der Waals surface area contributed by atoms with Gasteiger partial charge in [-0.1, -0.05) is 98.4 Å². The molecule has 2 radical (unpaired) electrons. The van der Waals surface area contributed by atoms with E-state index in [0.717, 1.165) is 9.52 Å². The van der Waals surface area contributed by atoms with E-state index in [0.29, 0.717) is 0 Å². The van der Waals surface area contributed by atoms with Gasteiger partial charge in [0.2, 0.25) is 0 Å². The van der Waals surface area contributed by atoms with Crippen LogP contribution in [0.5, 0.6) is 0 Å². The number of benzene rings is 4. The maximum Gasteiger partial charge on any atom is 0.0307 e. The molecule has 0 spiro atoms. The molecule has 6 aromatic rings. The number of hydrogen-bond acceptors (Lipinski definition) is 0. The first-order valence-corrected chi connectivity index (χ1v) is 12.8. The summed E-state index contributed by atoms with van der Waals surface area (Å²) in [6.07, 6.45) is 0. The summed E-state index contributed by atoms with van der Waals surface area (Å²) in [6, 6.07) is 34.9. The maximum absolute atomic E-state index is 2.26. The predicted octanol–water partition coefficient (Wildman–Crippen LogP) is 9.67. The van der Waals surface area contributed by atoms with Gasteiger partial charge in [-0.15, -0.1) is 81.8 Å². The van der Waals surface area contributed by atoms with Gasteiger partial charge in [0.05, 0.1) is 0 Å². The summed E-state index contributed by atoms with van der Waals surface area (Å²) in [5.41, 5.74) is 2.69. The zero-order chi connectivity index (χ0) is 21.8. The first-order chi connectivity index (χ1) is 15.1. The Morgan fingerprint density at radius 1 is 0.529 bits per heavy atom. The zero-order valence-corrected chi connectivity index (χ0v) is 26.3. The molecule has 0 fully saturated rings. The molecule has 34 heavy (non-hydrogen) atoms. The quantitative estimate of drug-likeness (QED) is 0.112. The molecule has 174 valence electrons. The average Bonchev–Trinajstić information content (AvgIpc) is 3.36. The van der Waals surface area contributed by atoms with E-state index in [1.165, 1.54) is 54.2 Å². The molecule has 0 amide bonds. The fraction of sp³-hybridized carbons (Fsp3) is 0.133. The molecular formula is C30H30Cl2HfSi-2. The largest absolute Gasteiger partial charge is 0.165 e. The van der Waals surface area contributed by atoms with Crippen molar-refractivity contribution in [1.82, 2.24) is 0 Å². The molecule has 0 N–H and O–H groups in total. The smallest absolute Gasteiger partial charge is 0.0307 e. The van der Waals surface area contributed by atoms with E-state index in [4.69, 9.17) is 0 Å². The molecule has 0 unspecified atom stereocenters. The van der Waals surface area contributed by atoms with Gasteiger partial charge in [-0.25, -0.2) is 0 Å². The van der Waals surface area contributed by atoms with Crippen LogP contribution in [0.3, 0.4) is 0 Å². The van der Waals surface area contributed by atoms with Crippen molar-refractivity contribution < 1.29 is 25.8 Å². The number of aryl methyl sites for hydroxylation is 2. The van der Waals surface area contributed by atoms with Gasteiger partial charge in [0.1, 0.15) is 0 Å². The fourth-order valence-electron chi connectivity index (χ4n) is 4.23. The summed E-state index contributed by atoms with van der Waals surface area (Å²) in [5.74, 6) is 0. The van der Waals surface area contributed by atoms with E-state index in [9.17, 15) is 0 Å². The van der Waals surface area contributed by atoms with Crippen LogP contribution in [0.15, 0.2) is 97.1 Å². The van der Waals surface area contributed by atoms with E-state index < -0.39 is 0 Å². The van der Waals surface area contributed by atoms with Crippen molar-refractivity contribution >= 4 is 77.4 Å². The summed E-state index contributed by atoms with van der Waals surface area (Å²) < 4.78 is 0. The van der Waals surface area contributed by atoms with Gasteiger partial charge in [-0.3, -0.25) is 0 Å². The third-order valence-electron chi connectivity index (χ3n) is 5.52. The molecule has 0 aliphatic heterocycles. The molecule has 6 aromatic carbocycles. The molecular weight excluding hydrogens is 638 g/mol. The molecule has 0 saturated carbocycles. The summed E-state index contributed by atoms with van der Waals surface area (Å²) >= 11 is 0. The zero-order valence-electron chi connectivity index (χ0n) is 20.1. The molecule has 0 bridgehead atoms. The van der Waals surface area contributed by atoms with Crippen LogP contribution in [0.4, 0.5) is 0 Å². The van der Waals surface area contributed by atoms with Gasteiger partial charge in [0.15, 0.2) is 0 Å². The molecule has 4 heteroatoms. The monoisotopic (exact) mass is 668 g/mol. The van der Waals surface area contributed by atoms with E-state index in [1.807, 2.05) is 0 Å². The number of halogens is 2. The standard InChI is InChI=1S/2C14H11.C2H6Si.2ClH.Hf/c2*1-10-8-12-7-6-11-4-2-3-5-13(11)14(12)9-10;1-3-2;;;/h2*2-9H,1H3;1-2H3;2*1H;/q2*-1;;;;. The second kappa shape index (κ2) is 14.0. The molecule has 0 saturated heterocycles. The molecule has 0 aliphatic carbocycles.